The first-order chi connectivity index (χ1) is 7.82. The fourth-order valence-corrected chi connectivity index (χ4v) is 1.85. The first-order valence-corrected chi connectivity index (χ1v) is 5.85. The molecule has 0 aliphatic heterocycles. The van der Waals surface area contributed by atoms with Gasteiger partial charge < -0.3 is 10.0 Å². The minimum absolute atomic E-state index is 0.478. The third kappa shape index (κ3) is 3.16. The van der Waals surface area contributed by atoms with Crippen molar-refractivity contribution in [1.29, 1.82) is 0 Å². The summed E-state index contributed by atoms with van der Waals surface area (Å²) in [4.78, 5) is 28.7. The molecule has 0 bridgehead atoms. The number of hydrogen-bond donors (Lipinski definition) is 2. The lowest BCUT2D eigenvalue weighted by molar-refractivity contribution is -0.141. The molecule has 94 valence electrons. The Morgan fingerprint density at radius 3 is 2.47 bits per heavy atom. The summed E-state index contributed by atoms with van der Waals surface area (Å²) in [7, 11) is 1.43. The summed E-state index contributed by atoms with van der Waals surface area (Å²) in [6, 6.07) is -1.36. The van der Waals surface area contributed by atoms with Crippen molar-refractivity contribution >= 4 is 28.5 Å². The Morgan fingerprint density at radius 1 is 1.47 bits per heavy atom. The van der Waals surface area contributed by atoms with E-state index in [1.165, 1.54) is 25.3 Å². The molecule has 0 radical (unpaired) electrons. The Bertz CT molecular complexity index is 425. The van der Waals surface area contributed by atoms with Crippen molar-refractivity contribution in [3.05, 3.63) is 10.6 Å². The third-order valence-electron chi connectivity index (χ3n) is 2.50. The fourth-order valence-electron chi connectivity index (χ4n) is 1.05. The van der Waals surface area contributed by atoms with Gasteiger partial charge in [-0.15, -0.1) is 11.3 Å². The van der Waals surface area contributed by atoms with E-state index in [1.807, 2.05) is 13.8 Å². The van der Waals surface area contributed by atoms with Crippen molar-refractivity contribution in [2.24, 2.45) is 0 Å². The van der Waals surface area contributed by atoms with Crippen LogP contribution in [0.3, 0.4) is 0 Å². The number of hydrogen-bond acceptors (Lipinski definition) is 4. The molecule has 0 fully saturated rings. The highest BCUT2D eigenvalue weighted by molar-refractivity contribution is 7.15. The van der Waals surface area contributed by atoms with Gasteiger partial charge in [0.05, 0.1) is 5.69 Å². The molecule has 0 saturated heterocycles. The smallest absolute Gasteiger partial charge is 0.326 e. The van der Waals surface area contributed by atoms with E-state index in [0.717, 1.165) is 15.5 Å². The minimum atomic E-state index is -1.05. The van der Waals surface area contributed by atoms with Crippen molar-refractivity contribution in [1.82, 2.24) is 9.88 Å². The number of carboxylic acids is 1. The Balaban J connectivity index is 2.69. The van der Waals surface area contributed by atoms with Crippen LogP contribution in [0.1, 0.15) is 17.5 Å². The van der Waals surface area contributed by atoms with E-state index in [9.17, 15) is 9.59 Å². The molecule has 1 atom stereocenters. The van der Waals surface area contributed by atoms with Crippen LogP contribution in [0, 0.1) is 13.8 Å². The molecule has 1 unspecified atom stereocenters. The molecule has 2 N–H and O–H groups in total. The van der Waals surface area contributed by atoms with Gasteiger partial charge in [-0.2, -0.15) is 0 Å². The second-order valence-corrected chi connectivity index (χ2v) is 4.92. The molecule has 0 aliphatic rings. The molecular formula is C10H15N3O3S. The highest BCUT2D eigenvalue weighted by Gasteiger charge is 2.22. The van der Waals surface area contributed by atoms with E-state index in [0.29, 0.717) is 5.13 Å². The summed E-state index contributed by atoms with van der Waals surface area (Å²) >= 11 is 1.36. The van der Waals surface area contributed by atoms with E-state index >= 15 is 0 Å². The molecule has 0 aliphatic carbocycles. The SMILES string of the molecule is Cc1nc(NC(=O)N(C)C(C)C(=O)O)sc1C. The molecule has 1 aromatic rings. The van der Waals surface area contributed by atoms with Gasteiger partial charge in [0, 0.05) is 11.9 Å². The number of aliphatic carboxylic acids is 1. The number of nitrogens with one attached hydrogen (secondary N) is 1. The number of nitrogens with zero attached hydrogens (tertiary/aromatic N) is 2. The molecule has 0 aromatic carbocycles. The van der Waals surface area contributed by atoms with Gasteiger partial charge in [-0.3, -0.25) is 5.32 Å². The number of urea groups is 1. The molecule has 2 amide bonds. The molecule has 6 nitrogen and oxygen atoms in total. The van der Waals surface area contributed by atoms with Crippen molar-refractivity contribution in [2.75, 3.05) is 12.4 Å². The number of rotatable bonds is 3. The van der Waals surface area contributed by atoms with Crippen LogP contribution in [-0.2, 0) is 4.79 Å². The van der Waals surface area contributed by atoms with E-state index < -0.39 is 18.0 Å². The molecule has 1 rings (SSSR count). The Labute approximate surface area is 103 Å². The fraction of sp³-hybridized carbons (Fsp3) is 0.500. The largest absolute Gasteiger partial charge is 0.480 e. The van der Waals surface area contributed by atoms with Crippen LogP contribution in [0.25, 0.3) is 0 Å². The number of carbonyl (C=O) groups is 2. The summed E-state index contributed by atoms with van der Waals surface area (Å²) in [5.41, 5.74) is 0.860. The van der Waals surface area contributed by atoms with Gasteiger partial charge in [-0.1, -0.05) is 0 Å². The predicted octanol–water partition coefficient (Wildman–Crippen LogP) is 1.70. The third-order valence-corrected chi connectivity index (χ3v) is 3.49. The lowest BCUT2D eigenvalue weighted by Crippen LogP contribution is -2.42. The van der Waals surface area contributed by atoms with Gasteiger partial charge >= 0.3 is 12.0 Å². The summed E-state index contributed by atoms with van der Waals surface area (Å²) in [5.74, 6) is -1.05. The Kier molecular flexibility index (Phi) is 4.06. The summed E-state index contributed by atoms with van der Waals surface area (Å²) in [6.45, 7) is 5.21. The van der Waals surface area contributed by atoms with Gasteiger partial charge in [-0.05, 0) is 20.8 Å². The van der Waals surface area contributed by atoms with E-state index in [2.05, 4.69) is 10.3 Å². The maximum atomic E-state index is 11.7. The van der Waals surface area contributed by atoms with Crippen molar-refractivity contribution in [3.8, 4) is 0 Å². The molecule has 0 spiro atoms. The number of carbonyl (C=O) groups excluding carboxylic acids is 1. The zero-order valence-corrected chi connectivity index (χ0v) is 11.0. The zero-order chi connectivity index (χ0) is 13.2. The van der Waals surface area contributed by atoms with Crippen molar-refractivity contribution in [3.63, 3.8) is 0 Å². The highest BCUT2D eigenvalue weighted by Crippen LogP contribution is 2.21. The Hall–Kier alpha value is -1.63. The van der Waals surface area contributed by atoms with Gasteiger partial charge in [0.15, 0.2) is 5.13 Å². The summed E-state index contributed by atoms with van der Waals surface area (Å²) < 4.78 is 0. The first kappa shape index (κ1) is 13.4. The normalized spacial score (nSPS) is 12.0. The zero-order valence-electron chi connectivity index (χ0n) is 10.1. The number of carboxylic acid groups (broad SMARTS) is 1. The lowest BCUT2D eigenvalue weighted by Gasteiger charge is -2.20. The number of aryl methyl sites for hydroxylation is 2. The van der Waals surface area contributed by atoms with Crippen LogP contribution < -0.4 is 5.32 Å². The van der Waals surface area contributed by atoms with Crippen LogP contribution >= 0.6 is 11.3 Å². The van der Waals surface area contributed by atoms with Crippen molar-refractivity contribution in [2.45, 2.75) is 26.8 Å². The quantitative estimate of drug-likeness (QED) is 0.863. The molecule has 1 aromatic heterocycles. The number of amides is 2. The average Bonchev–Trinajstić information content (AvgIpc) is 2.55. The second-order valence-electron chi connectivity index (χ2n) is 3.72. The number of aromatic nitrogens is 1. The average molecular weight is 257 g/mol. The maximum Gasteiger partial charge on any atom is 0.326 e. The predicted molar refractivity (Wildman–Crippen MR) is 65.5 cm³/mol. The van der Waals surface area contributed by atoms with E-state index in [4.69, 9.17) is 5.11 Å². The summed E-state index contributed by atoms with van der Waals surface area (Å²) in [5, 5.41) is 11.8. The van der Waals surface area contributed by atoms with Gasteiger partial charge in [0.1, 0.15) is 6.04 Å². The maximum absolute atomic E-state index is 11.7. The monoisotopic (exact) mass is 257 g/mol. The number of anilines is 1. The molecule has 7 heteroatoms. The summed E-state index contributed by atoms with van der Waals surface area (Å²) in [6.07, 6.45) is 0. The number of thiazole rings is 1. The van der Waals surface area contributed by atoms with Gasteiger partial charge in [-0.25, -0.2) is 14.6 Å². The van der Waals surface area contributed by atoms with E-state index in [-0.39, 0.29) is 0 Å². The van der Waals surface area contributed by atoms with Gasteiger partial charge in [0.2, 0.25) is 0 Å². The van der Waals surface area contributed by atoms with Crippen LogP contribution in [0.2, 0.25) is 0 Å². The minimum Gasteiger partial charge on any atom is -0.480 e. The lowest BCUT2D eigenvalue weighted by atomic mass is 10.3. The van der Waals surface area contributed by atoms with Crippen LogP contribution in [0.5, 0.6) is 0 Å². The molecule has 17 heavy (non-hydrogen) atoms. The van der Waals surface area contributed by atoms with Crippen LogP contribution in [0.4, 0.5) is 9.93 Å². The molecule has 1 heterocycles. The molecular weight excluding hydrogens is 242 g/mol. The molecule has 0 saturated carbocycles. The van der Waals surface area contributed by atoms with Crippen LogP contribution in [-0.4, -0.2) is 40.1 Å². The van der Waals surface area contributed by atoms with Crippen molar-refractivity contribution < 1.29 is 14.7 Å². The Morgan fingerprint density at radius 2 is 2.06 bits per heavy atom. The highest BCUT2D eigenvalue weighted by atomic mass is 32.1. The standard InChI is InChI=1S/C10H15N3O3S/c1-5-7(3)17-9(11-5)12-10(16)13(4)6(2)8(14)15/h6H,1-4H3,(H,14,15)(H,11,12,16). The van der Waals surface area contributed by atoms with Crippen LogP contribution in [0.15, 0.2) is 0 Å². The first-order valence-electron chi connectivity index (χ1n) is 5.03. The van der Waals surface area contributed by atoms with Gasteiger partial charge in [0.25, 0.3) is 0 Å². The second kappa shape index (κ2) is 5.13. The van der Waals surface area contributed by atoms with E-state index in [1.54, 1.807) is 0 Å². The topological polar surface area (TPSA) is 82.5 Å². The number of likely N-dealkylation sites (N-methyl/N-ethyl adjacent to an activating group) is 1.